The Labute approximate surface area is 62.5 Å². The van der Waals surface area contributed by atoms with E-state index in [-0.39, 0.29) is 0 Å². The molecular weight excluding hydrogens is 122 g/mol. The Bertz CT molecular complexity index is 158. The van der Waals surface area contributed by atoms with E-state index in [0.29, 0.717) is 11.5 Å². The van der Waals surface area contributed by atoms with E-state index in [1.165, 1.54) is 19.4 Å². The van der Waals surface area contributed by atoms with Gasteiger partial charge in [0.15, 0.2) is 0 Å². The summed E-state index contributed by atoms with van der Waals surface area (Å²) in [6.45, 7) is 7.37. The zero-order valence-corrected chi connectivity index (χ0v) is 6.56. The van der Waals surface area contributed by atoms with Gasteiger partial charge in [-0.3, -0.25) is 0 Å². The van der Waals surface area contributed by atoms with Crippen molar-refractivity contribution >= 4 is 0 Å². The van der Waals surface area contributed by atoms with Gasteiger partial charge >= 0.3 is 0 Å². The summed E-state index contributed by atoms with van der Waals surface area (Å²) >= 11 is 0. The Morgan fingerprint density at radius 3 is 2.80 bits per heavy atom. The van der Waals surface area contributed by atoms with E-state index in [1.54, 1.807) is 0 Å². The predicted octanol–water partition coefficient (Wildman–Crippen LogP) is 1.56. The lowest BCUT2D eigenvalue weighted by molar-refractivity contribution is 0.177. The Morgan fingerprint density at radius 2 is 2.50 bits per heavy atom. The quantitative estimate of drug-likeness (QED) is 0.453. The maximum atomic E-state index is 3.83. The van der Waals surface area contributed by atoms with Gasteiger partial charge in [0.05, 0.1) is 0 Å². The van der Waals surface area contributed by atoms with Gasteiger partial charge in [0.1, 0.15) is 0 Å². The number of nitrogens with one attached hydrogen (secondary N) is 1. The fourth-order valence-electron chi connectivity index (χ4n) is 2.14. The minimum absolute atomic E-state index is 0.591. The lowest BCUT2D eigenvalue weighted by atomic mass is 9.67. The van der Waals surface area contributed by atoms with Crippen molar-refractivity contribution in [2.75, 3.05) is 6.54 Å². The molecule has 0 aromatic carbocycles. The first-order chi connectivity index (χ1) is 4.78. The molecule has 0 unspecified atom stereocenters. The van der Waals surface area contributed by atoms with Gasteiger partial charge in [-0.15, -0.1) is 6.58 Å². The molecule has 1 N–H and O–H groups in total. The average molecular weight is 137 g/mol. The molecule has 1 heteroatoms. The Balaban J connectivity index is 1.99. The Hall–Kier alpha value is -0.300. The molecule has 1 heterocycles. The van der Waals surface area contributed by atoms with E-state index in [2.05, 4.69) is 24.9 Å². The molecule has 1 aliphatic heterocycles. The molecule has 0 aromatic heterocycles. The summed E-state index contributed by atoms with van der Waals surface area (Å²) in [5, 5.41) is 3.46. The van der Waals surface area contributed by atoms with Crippen LogP contribution in [0, 0.1) is 11.8 Å². The molecule has 2 rings (SSSR count). The van der Waals surface area contributed by atoms with Crippen molar-refractivity contribution in [1.29, 1.82) is 0 Å². The van der Waals surface area contributed by atoms with Crippen LogP contribution in [-0.4, -0.2) is 12.1 Å². The largest absolute Gasteiger partial charge is 0.308 e. The van der Waals surface area contributed by atoms with Crippen LogP contribution in [0.1, 0.15) is 19.8 Å². The third-order valence-electron chi connectivity index (χ3n) is 3.25. The molecule has 3 atom stereocenters. The van der Waals surface area contributed by atoms with Crippen molar-refractivity contribution in [1.82, 2.24) is 5.32 Å². The van der Waals surface area contributed by atoms with Crippen molar-refractivity contribution in [2.24, 2.45) is 11.8 Å². The van der Waals surface area contributed by atoms with Crippen molar-refractivity contribution in [3.8, 4) is 0 Å². The van der Waals surface area contributed by atoms with Crippen molar-refractivity contribution < 1.29 is 0 Å². The van der Waals surface area contributed by atoms with Crippen LogP contribution in [0.15, 0.2) is 12.7 Å². The van der Waals surface area contributed by atoms with Gasteiger partial charge in [0.25, 0.3) is 0 Å². The van der Waals surface area contributed by atoms with Crippen molar-refractivity contribution in [3.05, 3.63) is 12.7 Å². The molecule has 0 radical (unpaired) electrons. The van der Waals surface area contributed by atoms with Crippen LogP contribution < -0.4 is 5.32 Å². The minimum atomic E-state index is 0.591. The fourth-order valence-corrected chi connectivity index (χ4v) is 2.14. The molecule has 0 bridgehead atoms. The fraction of sp³-hybridized carbons (Fsp3) is 0.778. The summed E-state index contributed by atoms with van der Waals surface area (Å²) in [6.07, 6.45) is 4.89. The summed E-state index contributed by atoms with van der Waals surface area (Å²) in [5.41, 5.74) is 0.591. The van der Waals surface area contributed by atoms with Gasteiger partial charge in [-0.25, -0.2) is 0 Å². The second-order valence-electron chi connectivity index (χ2n) is 3.75. The second kappa shape index (κ2) is 1.85. The van der Waals surface area contributed by atoms with Crippen molar-refractivity contribution in [3.63, 3.8) is 0 Å². The maximum Gasteiger partial charge on any atom is 0.0341 e. The molecule has 1 saturated heterocycles. The van der Waals surface area contributed by atoms with Gasteiger partial charge in [-0.2, -0.15) is 0 Å². The number of allylic oxidation sites excluding steroid dienone is 1. The van der Waals surface area contributed by atoms with Crippen molar-refractivity contribution in [2.45, 2.75) is 25.3 Å². The van der Waals surface area contributed by atoms with Crippen LogP contribution in [0.4, 0.5) is 0 Å². The highest BCUT2D eigenvalue weighted by Gasteiger charge is 2.56. The normalized spacial score (nSPS) is 46.3. The first kappa shape index (κ1) is 6.41. The smallest absolute Gasteiger partial charge is 0.0341 e. The molecule has 0 amide bonds. The van der Waals surface area contributed by atoms with Crippen LogP contribution >= 0.6 is 0 Å². The number of hydrogen-bond donors (Lipinski definition) is 1. The standard InChI is InChI=1S/C9H15N/c1-3-7(2)8-4-5-9(8)6-10-9/h3,7-8,10H,1,4-6H2,2H3/t7-,8-,9+/m0/s1. The molecule has 1 saturated carbocycles. The summed E-state index contributed by atoms with van der Waals surface area (Å²) in [6, 6.07) is 0. The van der Waals surface area contributed by atoms with E-state index < -0.39 is 0 Å². The first-order valence-electron chi connectivity index (χ1n) is 4.16. The molecule has 1 aliphatic carbocycles. The molecule has 0 aromatic rings. The lowest BCUT2D eigenvalue weighted by Crippen LogP contribution is -2.41. The molecule has 1 spiro atoms. The zero-order valence-electron chi connectivity index (χ0n) is 6.56. The van der Waals surface area contributed by atoms with Gasteiger partial charge in [0.2, 0.25) is 0 Å². The maximum absolute atomic E-state index is 3.83. The van der Waals surface area contributed by atoms with Crippen LogP contribution in [0.5, 0.6) is 0 Å². The number of hydrogen-bond acceptors (Lipinski definition) is 1. The summed E-state index contributed by atoms with van der Waals surface area (Å²) in [5.74, 6) is 1.61. The van der Waals surface area contributed by atoms with Gasteiger partial charge in [0, 0.05) is 12.1 Å². The molecule has 2 aliphatic rings. The Kier molecular flexibility index (Phi) is 1.19. The van der Waals surface area contributed by atoms with Crippen LogP contribution in [-0.2, 0) is 0 Å². The molecular formula is C9H15N. The topological polar surface area (TPSA) is 21.9 Å². The zero-order chi connectivity index (χ0) is 7.19. The highest BCUT2D eigenvalue weighted by atomic mass is 15.2. The SMILES string of the molecule is C=C[C@H](C)[C@@H]1CC[C@@]12CN2. The van der Waals surface area contributed by atoms with Crippen LogP contribution in [0.2, 0.25) is 0 Å². The van der Waals surface area contributed by atoms with E-state index in [1.807, 2.05) is 0 Å². The van der Waals surface area contributed by atoms with E-state index in [9.17, 15) is 0 Å². The summed E-state index contributed by atoms with van der Waals surface area (Å²) < 4.78 is 0. The van der Waals surface area contributed by atoms with E-state index >= 15 is 0 Å². The molecule has 1 nitrogen and oxygen atoms in total. The predicted molar refractivity (Wildman–Crippen MR) is 42.8 cm³/mol. The second-order valence-corrected chi connectivity index (χ2v) is 3.75. The van der Waals surface area contributed by atoms with Gasteiger partial charge in [-0.1, -0.05) is 13.0 Å². The third-order valence-corrected chi connectivity index (χ3v) is 3.25. The third kappa shape index (κ3) is 0.671. The average Bonchev–Trinajstić information content (AvgIpc) is 2.65. The first-order valence-corrected chi connectivity index (χ1v) is 4.16. The van der Waals surface area contributed by atoms with Gasteiger partial charge in [-0.05, 0) is 24.7 Å². The van der Waals surface area contributed by atoms with E-state index in [4.69, 9.17) is 0 Å². The highest BCUT2D eigenvalue weighted by Crippen LogP contribution is 2.49. The monoisotopic (exact) mass is 137 g/mol. The van der Waals surface area contributed by atoms with Crippen LogP contribution in [0.25, 0.3) is 0 Å². The van der Waals surface area contributed by atoms with Crippen LogP contribution in [0.3, 0.4) is 0 Å². The molecule has 10 heavy (non-hydrogen) atoms. The summed E-state index contributed by atoms with van der Waals surface area (Å²) in [4.78, 5) is 0. The lowest BCUT2D eigenvalue weighted by Gasteiger charge is -2.39. The molecule has 56 valence electrons. The molecule has 2 fully saturated rings. The van der Waals surface area contributed by atoms with Gasteiger partial charge < -0.3 is 5.32 Å². The Morgan fingerprint density at radius 1 is 1.80 bits per heavy atom. The highest BCUT2D eigenvalue weighted by molar-refractivity contribution is 5.17. The van der Waals surface area contributed by atoms with E-state index in [0.717, 1.165) is 5.92 Å². The minimum Gasteiger partial charge on any atom is -0.308 e. The summed E-state index contributed by atoms with van der Waals surface area (Å²) in [7, 11) is 0. The number of rotatable bonds is 2.